The minimum Gasteiger partial charge on any atom is -0.378 e. The van der Waals surface area contributed by atoms with Crippen LogP contribution in [0.15, 0.2) is 55.0 Å². The number of amides is 1. The van der Waals surface area contributed by atoms with Crippen LogP contribution in [-0.2, 0) is 11.3 Å². The number of pyridine rings is 1. The first-order valence-corrected chi connectivity index (χ1v) is 9.43. The number of aromatic nitrogens is 3. The van der Waals surface area contributed by atoms with E-state index >= 15 is 0 Å². The van der Waals surface area contributed by atoms with Crippen molar-refractivity contribution in [3.63, 3.8) is 0 Å². The molecule has 4 rings (SSSR count). The van der Waals surface area contributed by atoms with Crippen molar-refractivity contribution in [1.29, 1.82) is 0 Å². The van der Waals surface area contributed by atoms with E-state index in [1.165, 1.54) is 6.20 Å². The van der Waals surface area contributed by atoms with Gasteiger partial charge in [-0.2, -0.15) is 5.10 Å². The molecule has 0 unspecified atom stereocenters. The summed E-state index contributed by atoms with van der Waals surface area (Å²) in [7, 11) is 0. The van der Waals surface area contributed by atoms with Crippen LogP contribution in [0.4, 0.5) is 11.5 Å². The van der Waals surface area contributed by atoms with E-state index < -0.39 is 0 Å². The Morgan fingerprint density at radius 3 is 2.71 bits per heavy atom. The zero-order chi connectivity index (χ0) is 19.3. The van der Waals surface area contributed by atoms with Crippen LogP contribution in [0.1, 0.15) is 15.9 Å². The van der Waals surface area contributed by atoms with E-state index in [1.807, 2.05) is 30.3 Å². The molecule has 0 spiro atoms. The molecule has 1 aromatic carbocycles. The number of hydrogen-bond donors (Lipinski definition) is 1. The number of benzene rings is 1. The van der Waals surface area contributed by atoms with Crippen LogP contribution >= 0.6 is 11.6 Å². The quantitative estimate of drug-likeness (QED) is 0.716. The summed E-state index contributed by atoms with van der Waals surface area (Å²) in [6.45, 7) is 3.63. The Morgan fingerprint density at radius 1 is 1.14 bits per heavy atom. The summed E-state index contributed by atoms with van der Waals surface area (Å²) in [5.41, 5.74) is 2.43. The summed E-state index contributed by atoms with van der Waals surface area (Å²) >= 11 is 6.18. The van der Waals surface area contributed by atoms with Gasteiger partial charge < -0.3 is 15.0 Å². The zero-order valence-electron chi connectivity index (χ0n) is 15.2. The largest absolute Gasteiger partial charge is 0.378 e. The molecule has 0 radical (unpaired) electrons. The van der Waals surface area contributed by atoms with Crippen molar-refractivity contribution >= 4 is 29.0 Å². The molecule has 28 heavy (non-hydrogen) atoms. The normalized spacial score (nSPS) is 14.1. The Labute approximate surface area is 167 Å². The number of morpholine rings is 1. The molecule has 0 atom stereocenters. The molecule has 1 aliphatic heterocycles. The Hall–Kier alpha value is -2.90. The highest BCUT2D eigenvalue weighted by Gasteiger charge is 2.13. The number of hydrogen-bond acceptors (Lipinski definition) is 5. The summed E-state index contributed by atoms with van der Waals surface area (Å²) in [6.07, 6.45) is 5.00. The van der Waals surface area contributed by atoms with Crippen LogP contribution in [-0.4, -0.2) is 47.0 Å². The third kappa shape index (κ3) is 4.32. The van der Waals surface area contributed by atoms with Crippen molar-refractivity contribution in [3.8, 4) is 0 Å². The molecule has 3 aromatic rings. The number of anilines is 2. The highest BCUT2D eigenvalue weighted by atomic mass is 35.5. The van der Waals surface area contributed by atoms with E-state index in [1.54, 1.807) is 23.1 Å². The van der Waals surface area contributed by atoms with E-state index in [4.69, 9.17) is 16.3 Å². The Kier molecular flexibility index (Phi) is 5.55. The summed E-state index contributed by atoms with van der Waals surface area (Å²) < 4.78 is 7.04. The van der Waals surface area contributed by atoms with Crippen LogP contribution in [0.25, 0.3) is 0 Å². The van der Waals surface area contributed by atoms with E-state index in [-0.39, 0.29) is 5.91 Å². The van der Waals surface area contributed by atoms with E-state index in [0.29, 0.717) is 22.9 Å². The predicted octanol–water partition coefficient (Wildman–Crippen LogP) is 3.07. The zero-order valence-corrected chi connectivity index (χ0v) is 16.0. The van der Waals surface area contributed by atoms with Gasteiger partial charge >= 0.3 is 0 Å². The maximum atomic E-state index is 12.5. The highest BCUT2D eigenvalue weighted by molar-refractivity contribution is 6.31. The molecule has 8 heteroatoms. The first-order valence-electron chi connectivity index (χ1n) is 9.05. The second-order valence-corrected chi connectivity index (χ2v) is 6.88. The molecule has 1 N–H and O–H groups in total. The molecule has 0 bridgehead atoms. The SMILES string of the molecule is O=C(Nc1ccc(N2CCOCC2)cn1)c1cnn(Cc2ccccc2Cl)c1. The van der Waals surface area contributed by atoms with Crippen molar-refractivity contribution < 1.29 is 9.53 Å². The molecule has 1 aliphatic rings. The smallest absolute Gasteiger partial charge is 0.260 e. The van der Waals surface area contributed by atoms with Gasteiger partial charge in [-0.1, -0.05) is 29.8 Å². The van der Waals surface area contributed by atoms with Crippen LogP contribution in [0.2, 0.25) is 5.02 Å². The lowest BCUT2D eigenvalue weighted by molar-refractivity contribution is 0.102. The standard InChI is InChI=1S/C20H20ClN5O2/c21-18-4-2-1-3-15(18)13-26-14-16(11-23-26)20(27)24-19-6-5-17(12-22-19)25-7-9-28-10-8-25/h1-6,11-12,14H,7-10,13H2,(H,22,24,27). The summed E-state index contributed by atoms with van der Waals surface area (Å²) in [6, 6.07) is 11.3. The van der Waals surface area contributed by atoms with Crippen LogP contribution in [0.5, 0.6) is 0 Å². The van der Waals surface area contributed by atoms with Gasteiger partial charge in [0.05, 0.1) is 43.4 Å². The molecule has 0 saturated carbocycles. The average molecular weight is 398 g/mol. The third-order valence-electron chi connectivity index (χ3n) is 4.55. The van der Waals surface area contributed by atoms with Crippen molar-refractivity contribution in [2.24, 2.45) is 0 Å². The second kappa shape index (κ2) is 8.41. The number of carbonyl (C=O) groups is 1. The molecule has 7 nitrogen and oxygen atoms in total. The molecule has 2 aromatic heterocycles. The van der Waals surface area contributed by atoms with Gasteiger partial charge in [0.15, 0.2) is 0 Å². The number of nitrogens with one attached hydrogen (secondary N) is 1. The maximum absolute atomic E-state index is 12.5. The van der Waals surface area contributed by atoms with Gasteiger partial charge in [0.1, 0.15) is 5.82 Å². The Morgan fingerprint density at radius 2 is 1.96 bits per heavy atom. The summed E-state index contributed by atoms with van der Waals surface area (Å²) in [5.74, 6) is 0.248. The number of ether oxygens (including phenoxy) is 1. The number of nitrogens with zero attached hydrogens (tertiary/aromatic N) is 4. The molecular weight excluding hydrogens is 378 g/mol. The number of carbonyl (C=O) groups excluding carboxylic acids is 1. The second-order valence-electron chi connectivity index (χ2n) is 6.47. The molecule has 0 aliphatic carbocycles. The third-order valence-corrected chi connectivity index (χ3v) is 4.92. The van der Waals surface area contributed by atoms with Gasteiger partial charge in [0.2, 0.25) is 0 Å². The van der Waals surface area contributed by atoms with Crippen LogP contribution < -0.4 is 10.2 Å². The van der Waals surface area contributed by atoms with Crippen molar-refractivity contribution in [2.45, 2.75) is 6.54 Å². The molecular formula is C20H20ClN5O2. The Balaban J connectivity index is 1.38. The van der Waals surface area contributed by atoms with Gasteiger partial charge in [-0.25, -0.2) is 4.98 Å². The first-order chi connectivity index (χ1) is 13.7. The van der Waals surface area contributed by atoms with Crippen molar-refractivity contribution in [1.82, 2.24) is 14.8 Å². The van der Waals surface area contributed by atoms with E-state index in [2.05, 4.69) is 20.3 Å². The lowest BCUT2D eigenvalue weighted by Gasteiger charge is -2.28. The van der Waals surface area contributed by atoms with Crippen molar-refractivity contribution in [3.05, 3.63) is 71.1 Å². The minimum absolute atomic E-state index is 0.253. The predicted molar refractivity (Wildman–Crippen MR) is 108 cm³/mol. The van der Waals surface area contributed by atoms with Crippen molar-refractivity contribution in [2.75, 3.05) is 36.5 Å². The van der Waals surface area contributed by atoms with E-state index in [9.17, 15) is 4.79 Å². The molecule has 1 amide bonds. The first kappa shape index (κ1) is 18.5. The van der Waals surface area contributed by atoms with Crippen LogP contribution in [0.3, 0.4) is 0 Å². The number of rotatable bonds is 5. The molecule has 144 valence electrons. The fourth-order valence-corrected chi connectivity index (χ4v) is 3.22. The summed E-state index contributed by atoms with van der Waals surface area (Å²) in [5, 5.41) is 7.73. The van der Waals surface area contributed by atoms with E-state index in [0.717, 1.165) is 37.6 Å². The molecule has 3 heterocycles. The van der Waals surface area contributed by atoms with Gasteiger partial charge in [0, 0.05) is 24.3 Å². The topological polar surface area (TPSA) is 72.3 Å². The van der Waals surface area contributed by atoms with Gasteiger partial charge in [-0.15, -0.1) is 0 Å². The van der Waals surface area contributed by atoms with Gasteiger partial charge in [0.25, 0.3) is 5.91 Å². The minimum atomic E-state index is -0.253. The van der Waals surface area contributed by atoms with Gasteiger partial charge in [-0.3, -0.25) is 9.48 Å². The average Bonchev–Trinajstić information content (AvgIpc) is 3.20. The maximum Gasteiger partial charge on any atom is 0.260 e. The fourth-order valence-electron chi connectivity index (χ4n) is 3.03. The lowest BCUT2D eigenvalue weighted by Crippen LogP contribution is -2.36. The summed E-state index contributed by atoms with van der Waals surface area (Å²) in [4.78, 5) is 19.0. The number of halogens is 1. The Bertz CT molecular complexity index is 951. The van der Waals surface area contributed by atoms with Gasteiger partial charge in [-0.05, 0) is 23.8 Å². The van der Waals surface area contributed by atoms with Crippen LogP contribution in [0, 0.1) is 0 Å². The molecule has 1 fully saturated rings. The molecule has 1 saturated heterocycles. The monoisotopic (exact) mass is 397 g/mol. The lowest BCUT2D eigenvalue weighted by atomic mass is 10.2. The highest BCUT2D eigenvalue weighted by Crippen LogP contribution is 2.18. The fraction of sp³-hybridized carbons (Fsp3) is 0.250.